The van der Waals surface area contributed by atoms with Crippen LogP contribution in [-0.2, 0) is 6.42 Å². The molecule has 0 aliphatic heterocycles. The van der Waals surface area contributed by atoms with Crippen LogP contribution in [0.1, 0.15) is 43.3 Å². The zero-order valence-electron chi connectivity index (χ0n) is 14.0. The summed E-state index contributed by atoms with van der Waals surface area (Å²) in [5.41, 5.74) is 2.23. The van der Waals surface area contributed by atoms with Crippen LogP contribution < -0.4 is 5.32 Å². The maximum atomic E-state index is 12.1. The van der Waals surface area contributed by atoms with E-state index in [2.05, 4.69) is 24.4 Å². The van der Waals surface area contributed by atoms with Gasteiger partial charge in [-0.05, 0) is 43.4 Å². The molecule has 2 unspecified atom stereocenters. The van der Waals surface area contributed by atoms with E-state index < -0.39 is 0 Å². The number of benzene rings is 1. The smallest absolute Gasteiger partial charge is 0.287 e. The lowest BCUT2D eigenvalue weighted by atomic mass is 10.0. The van der Waals surface area contributed by atoms with Gasteiger partial charge in [0.1, 0.15) is 5.76 Å². The Morgan fingerprint density at radius 3 is 2.48 bits per heavy atom. The fourth-order valence-corrected chi connectivity index (χ4v) is 2.54. The lowest BCUT2D eigenvalue weighted by Crippen LogP contribution is -2.29. The summed E-state index contributed by atoms with van der Waals surface area (Å²) in [7, 11) is 0. The van der Waals surface area contributed by atoms with E-state index in [1.54, 1.807) is 13.0 Å². The molecule has 1 heterocycles. The molecule has 0 spiro atoms. The molecule has 23 heavy (non-hydrogen) atoms. The highest BCUT2D eigenvalue weighted by Crippen LogP contribution is 2.22. The van der Waals surface area contributed by atoms with Crippen molar-refractivity contribution in [3.05, 3.63) is 47.7 Å². The molecule has 0 saturated carbocycles. The summed E-state index contributed by atoms with van der Waals surface area (Å²) >= 11 is 0. The Morgan fingerprint density at radius 1 is 1.17 bits per heavy atom. The molecular formula is C19H25NO3. The van der Waals surface area contributed by atoms with E-state index in [1.165, 1.54) is 5.56 Å². The molecule has 2 atom stereocenters. The number of carbonyl (C=O) groups is 1. The average Bonchev–Trinajstić information content (AvgIpc) is 3.02. The number of carbonyl (C=O) groups excluding carboxylic acids is 1. The van der Waals surface area contributed by atoms with E-state index in [9.17, 15) is 9.90 Å². The minimum absolute atomic E-state index is 0.218. The zero-order valence-corrected chi connectivity index (χ0v) is 14.0. The van der Waals surface area contributed by atoms with E-state index in [4.69, 9.17) is 4.42 Å². The average molecular weight is 315 g/mol. The summed E-state index contributed by atoms with van der Waals surface area (Å²) in [6.45, 7) is 6.38. The van der Waals surface area contributed by atoms with Crippen molar-refractivity contribution in [2.24, 2.45) is 5.92 Å². The van der Waals surface area contributed by atoms with E-state index in [1.807, 2.05) is 25.1 Å². The molecule has 2 rings (SSSR count). The Balaban J connectivity index is 1.96. The quantitative estimate of drug-likeness (QED) is 0.820. The van der Waals surface area contributed by atoms with Gasteiger partial charge in [-0.3, -0.25) is 4.79 Å². The number of furan rings is 1. The topological polar surface area (TPSA) is 62.5 Å². The molecule has 0 bridgehead atoms. The van der Waals surface area contributed by atoms with E-state index in [0.29, 0.717) is 24.5 Å². The number of hydrogen-bond acceptors (Lipinski definition) is 3. The van der Waals surface area contributed by atoms with Crippen molar-refractivity contribution in [2.45, 2.75) is 39.7 Å². The lowest BCUT2D eigenvalue weighted by molar-refractivity contribution is 0.0912. The first-order chi connectivity index (χ1) is 11.0. The van der Waals surface area contributed by atoms with Gasteiger partial charge in [0, 0.05) is 12.1 Å². The molecule has 1 aromatic carbocycles. The van der Waals surface area contributed by atoms with Gasteiger partial charge in [-0.15, -0.1) is 0 Å². The standard InChI is InChI=1S/C19H25NO3/c1-4-15-5-7-16(8-6-15)17-9-10-18(23-17)19(22)20-12-13(2)11-14(3)21/h5-10,13-14,21H,4,11-12H2,1-3H3,(H,20,22). The van der Waals surface area contributed by atoms with Crippen LogP contribution >= 0.6 is 0 Å². The number of nitrogens with one attached hydrogen (secondary N) is 1. The van der Waals surface area contributed by atoms with E-state index in [-0.39, 0.29) is 17.9 Å². The number of aryl methyl sites for hydroxylation is 1. The van der Waals surface area contributed by atoms with Gasteiger partial charge in [0.25, 0.3) is 5.91 Å². The summed E-state index contributed by atoms with van der Waals surface area (Å²) in [4.78, 5) is 12.1. The van der Waals surface area contributed by atoms with Crippen molar-refractivity contribution in [3.8, 4) is 11.3 Å². The van der Waals surface area contributed by atoms with Crippen LogP contribution in [0.3, 0.4) is 0 Å². The van der Waals surface area contributed by atoms with Crippen LogP contribution in [0.5, 0.6) is 0 Å². The summed E-state index contributed by atoms with van der Waals surface area (Å²) in [6, 6.07) is 11.6. The number of hydrogen-bond donors (Lipinski definition) is 2. The van der Waals surface area contributed by atoms with Crippen LogP contribution in [0.4, 0.5) is 0 Å². The second-order valence-corrected chi connectivity index (χ2v) is 6.11. The molecule has 0 radical (unpaired) electrons. The van der Waals surface area contributed by atoms with Crippen LogP contribution in [-0.4, -0.2) is 23.7 Å². The fraction of sp³-hybridized carbons (Fsp3) is 0.421. The maximum Gasteiger partial charge on any atom is 0.287 e. The monoisotopic (exact) mass is 315 g/mol. The molecule has 124 valence electrons. The molecule has 4 heteroatoms. The summed E-state index contributed by atoms with van der Waals surface area (Å²) in [5, 5.41) is 12.2. The summed E-state index contributed by atoms with van der Waals surface area (Å²) < 4.78 is 5.66. The van der Waals surface area contributed by atoms with Crippen molar-refractivity contribution in [1.82, 2.24) is 5.32 Å². The number of amides is 1. The SMILES string of the molecule is CCc1ccc(-c2ccc(C(=O)NCC(C)CC(C)O)o2)cc1. The van der Waals surface area contributed by atoms with Crippen molar-refractivity contribution in [1.29, 1.82) is 0 Å². The molecule has 0 aliphatic carbocycles. The molecule has 1 aromatic heterocycles. The van der Waals surface area contributed by atoms with Crippen molar-refractivity contribution >= 4 is 5.91 Å². The first kappa shape index (κ1) is 17.3. The minimum atomic E-state index is -0.358. The largest absolute Gasteiger partial charge is 0.451 e. The Labute approximate surface area is 137 Å². The fourth-order valence-electron chi connectivity index (χ4n) is 2.54. The maximum absolute atomic E-state index is 12.1. The second-order valence-electron chi connectivity index (χ2n) is 6.11. The third-order valence-corrected chi connectivity index (χ3v) is 3.83. The van der Waals surface area contributed by atoms with Gasteiger partial charge >= 0.3 is 0 Å². The molecule has 0 saturated heterocycles. The van der Waals surface area contributed by atoms with Crippen molar-refractivity contribution in [2.75, 3.05) is 6.54 Å². The van der Waals surface area contributed by atoms with Gasteiger partial charge in [-0.25, -0.2) is 0 Å². The van der Waals surface area contributed by atoms with Crippen LogP contribution in [0.2, 0.25) is 0 Å². The Bertz CT molecular complexity index is 628. The third kappa shape index (κ3) is 4.96. The molecule has 4 nitrogen and oxygen atoms in total. The van der Waals surface area contributed by atoms with Gasteiger partial charge in [-0.2, -0.15) is 0 Å². The number of aliphatic hydroxyl groups is 1. The van der Waals surface area contributed by atoms with Crippen molar-refractivity contribution in [3.63, 3.8) is 0 Å². The molecule has 0 fully saturated rings. The van der Waals surface area contributed by atoms with Gasteiger partial charge in [0.15, 0.2) is 5.76 Å². The lowest BCUT2D eigenvalue weighted by Gasteiger charge is -2.13. The predicted molar refractivity (Wildman–Crippen MR) is 91.3 cm³/mol. The molecule has 2 aromatic rings. The highest BCUT2D eigenvalue weighted by molar-refractivity contribution is 5.92. The molecule has 2 N–H and O–H groups in total. The normalized spacial score (nSPS) is 13.6. The highest BCUT2D eigenvalue weighted by Gasteiger charge is 2.14. The first-order valence-electron chi connectivity index (χ1n) is 8.15. The molecule has 0 aliphatic rings. The summed E-state index contributed by atoms with van der Waals surface area (Å²) in [6.07, 6.45) is 1.30. The number of rotatable bonds is 7. The Morgan fingerprint density at radius 2 is 1.87 bits per heavy atom. The van der Waals surface area contributed by atoms with Crippen LogP contribution in [0.15, 0.2) is 40.8 Å². The van der Waals surface area contributed by atoms with Gasteiger partial charge in [0.05, 0.1) is 6.10 Å². The Hall–Kier alpha value is -2.07. The zero-order chi connectivity index (χ0) is 16.8. The van der Waals surface area contributed by atoms with Gasteiger partial charge < -0.3 is 14.8 Å². The van der Waals surface area contributed by atoms with Crippen LogP contribution in [0.25, 0.3) is 11.3 Å². The molecule has 1 amide bonds. The van der Waals surface area contributed by atoms with Gasteiger partial charge in [-0.1, -0.05) is 38.1 Å². The van der Waals surface area contributed by atoms with Crippen molar-refractivity contribution < 1.29 is 14.3 Å². The van der Waals surface area contributed by atoms with Crippen LogP contribution in [0, 0.1) is 5.92 Å². The number of aliphatic hydroxyl groups excluding tert-OH is 1. The second kappa shape index (κ2) is 7.97. The van der Waals surface area contributed by atoms with Gasteiger partial charge in [0.2, 0.25) is 0 Å². The molecular weight excluding hydrogens is 290 g/mol. The summed E-state index contributed by atoms with van der Waals surface area (Å²) in [5.74, 6) is 0.993. The first-order valence-corrected chi connectivity index (χ1v) is 8.15. The van der Waals surface area contributed by atoms with E-state index >= 15 is 0 Å². The minimum Gasteiger partial charge on any atom is -0.451 e. The Kier molecular flexibility index (Phi) is 5.99. The highest BCUT2D eigenvalue weighted by atomic mass is 16.3. The predicted octanol–water partition coefficient (Wildman–Crippen LogP) is 3.65. The third-order valence-electron chi connectivity index (χ3n) is 3.83. The van der Waals surface area contributed by atoms with E-state index in [0.717, 1.165) is 12.0 Å².